The molecule has 0 aromatic heterocycles. The van der Waals surface area contributed by atoms with Crippen LogP contribution < -0.4 is 11.3 Å². The van der Waals surface area contributed by atoms with Crippen LogP contribution >= 0.6 is 15.9 Å². The number of nitrogens with two attached hydrogens (primary N) is 1. The Balaban J connectivity index is 2.28. The van der Waals surface area contributed by atoms with E-state index in [0.29, 0.717) is 6.42 Å². The molecule has 0 amide bonds. The minimum Gasteiger partial charge on any atom is -0.271 e. The summed E-state index contributed by atoms with van der Waals surface area (Å²) in [5.41, 5.74) is 5.94. The summed E-state index contributed by atoms with van der Waals surface area (Å²) in [6.45, 7) is 2.03. The Labute approximate surface area is 120 Å². The Bertz CT molecular complexity index is 572. The van der Waals surface area contributed by atoms with Crippen molar-refractivity contribution < 1.29 is 4.39 Å². The quantitative estimate of drug-likeness (QED) is 0.666. The lowest BCUT2D eigenvalue weighted by Gasteiger charge is -2.19. The predicted octanol–water partition coefficient (Wildman–Crippen LogP) is 3.64. The minimum absolute atomic E-state index is 0.0592. The van der Waals surface area contributed by atoms with Crippen molar-refractivity contribution in [2.75, 3.05) is 0 Å². The first-order chi connectivity index (χ1) is 9.11. The number of hydrogen-bond acceptors (Lipinski definition) is 2. The van der Waals surface area contributed by atoms with E-state index in [1.165, 1.54) is 12.1 Å². The number of hydrogen-bond donors (Lipinski definition) is 2. The van der Waals surface area contributed by atoms with E-state index in [9.17, 15) is 4.39 Å². The molecule has 0 radical (unpaired) electrons. The summed E-state index contributed by atoms with van der Waals surface area (Å²) in [5.74, 6) is 5.42. The van der Waals surface area contributed by atoms with Gasteiger partial charge in [-0.15, -0.1) is 0 Å². The van der Waals surface area contributed by atoms with Gasteiger partial charge in [-0.3, -0.25) is 11.3 Å². The van der Waals surface area contributed by atoms with Crippen LogP contribution in [0.25, 0.3) is 0 Å². The number of aryl methyl sites for hydroxylation is 1. The molecule has 4 heteroatoms. The van der Waals surface area contributed by atoms with E-state index in [2.05, 4.69) is 21.4 Å². The van der Waals surface area contributed by atoms with Crippen LogP contribution in [0.15, 0.2) is 46.9 Å². The van der Waals surface area contributed by atoms with E-state index >= 15 is 0 Å². The van der Waals surface area contributed by atoms with Crippen LogP contribution in [0.1, 0.15) is 22.7 Å². The molecule has 100 valence electrons. The molecule has 0 heterocycles. The van der Waals surface area contributed by atoms with Crippen LogP contribution in [-0.2, 0) is 6.42 Å². The molecular weight excluding hydrogens is 307 g/mol. The van der Waals surface area contributed by atoms with Crippen molar-refractivity contribution in [1.82, 2.24) is 5.43 Å². The molecule has 0 aliphatic rings. The Morgan fingerprint density at radius 1 is 1.26 bits per heavy atom. The van der Waals surface area contributed by atoms with E-state index in [4.69, 9.17) is 5.84 Å². The molecule has 2 rings (SSSR count). The monoisotopic (exact) mass is 322 g/mol. The maximum Gasteiger partial charge on any atom is 0.123 e. The molecule has 2 nitrogen and oxygen atoms in total. The second kappa shape index (κ2) is 6.28. The van der Waals surface area contributed by atoms with Gasteiger partial charge in [-0.25, -0.2) is 4.39 Å². The molecule has 1 atom stereocenters. The van der Waals surface area contributed by atoms with E-state index in [1.807, 2.05) is 31.2 Å². The van der Waals surface area contributed by atoms with E-state index in [1.54, 1.807) is 6.07 Å². The molecule has 0 fully saturated rings. The fourth-order valence-electron chi connectivity index (χ4n) is 2.10. The Morgan fingerprint density at radius 3 is 2.68 bits per heavy atom. The van der Waals surface area contributed by atoms with E-state index in [-0.39, 0.29) is 11.9 Å². The van der Waals surface area contributed by atoms with Gasteiger partial charge in [-0.2, -0.15) is 0 Å². The largest absolute Gasteiger partial charge is 0.271 e. The summed E-state index contributed by atoms with van der Waals surface area (Å²) in [7, 11) is 0. The van der Waals surface area contributed by atoms with Gasteiger partial charge < -0.3 is 0 Å². The molecule has 2 aromatic rings. The smallest absolute Gasteiger partial charge is 0.123 e. The highest BCUT2D eigenvalue weighted by molar-refractivity contribution is 9.10. The van der Waals surface area contributed by atoms with Gasteiger partial charge in [0.1, 0.15) is 5.82 Å². The zero-order chi connectivity index (χ0) is 13.8. The summed E-state index contributed by atoms with van der Waals surface area (Å²) < 4.78 is 14.2. The second-order valence-corrected chi connectivity index (χ2v) is 5.32. The van der Waals surface area contributed by atoms with E-state index < -0.39 is 0 Å². The fourth-order valence-corrected chi connectivity index (χ4v) is 2.64. The molecule has 0 aliphatic carbocycles. The molecule has 0 saturated carbocycles. The lowest BCUT2D eigenvalue weighted by molar-refractivity contribution is 0.546. The number of rotatable bonds is 4. The highest BCUT2D eigenvalue weighted by Crippen LogP contribution is 2.28. The Hall–Kier alpha value is -1.23. The third-order valence-electron chi connectivity index (χ3n) is 3.13. The third-order valence-corrected chi connectivity index (χ3v) is 4.21. The third kappa shape index (κ3) is 3.41. The number of benzene rings is 2. The SMILES string of the molecule is Cc1cccc(C(Cc2cccc(F)c2)NN)c1Br. The van der Waals surface area contributed by atoms with Gasteiger partial charge in [0.05, 0.1) is 6.04 Å². The van der Waals surface area contributed by atoms with Gasteiger partial charge in [0.15, 0.2) is 0 Å². The van der Waals surface area contributed by atoms with Crippen molar-refractivity contribution in [1.29, 1.82) is 0 Å². The molecule has 3 N–H and O–H groups in total. The summed E-state index contributed by atoms with van der Waals surface area (Å²) in [6, 6.07) is 12.6. The van der Waals surface area contributed by atoms with Crippen molar-refractivity contribution in [3.63, 3.8) is 0 Å². The number of halogens is 2. The first-order valence-corrected chi connectivity index (χ1v) is 6.86. The topological polar surface area (TPSA) is 38.0 Å². The standard InChI is InChI=1S/C15H16BrFN2/c1-10-4-2-7-13(15(10)16)14(19-18)9-11-5-3-6-12(17)8-11/h2-8,14,19H,9,18H2,1H3. The predicted molar refractivity (Wildman–Crippen MR) is 79.0 cm³/mol. The lowest BCUT2D eigenvalue weighted by atomic mass is 9.98. The maximum absolute atomic E-state index is 13.2. The van der Waals surface area contributed by atoms with Crippen molar-refractivity contribution in [3.05, 3.63) is 69.4 Å². The summed E-state index contributed by atoms with van der Waals surface area (Å²) in [6.07, 6.45) is 0.635. The van der Waals surface area contributed by atoms with Crippen molar-refractivity contribution in [3.8, 4) is 0 Å². The lowest BCUT2D eigenvalue weighted by Crippen LogP contribution is -2.30. The van der Waals surface area contributed by atoms with Crippen LogP contribution in [0, 0.1) is 12.7 Å². The van der Waals surface area contributed by atoms with Crippen LogP contribution in [-0.4, -0.2) is 0 Å². The van der Waals surface area contributed by atoms with Crippen LogP contribution in [0.4, 0.5) is 4.39 Å². The second-order valence-electron chi connectivity index (χ2n) is 4.53. The molecular formula is C15H16BrFN2. The van der Waals surface area contributed by atoms with Crippen LogP contribution in [0.3, 0.4) is 0 Å². The summed E-state index contributed by atoms with van der Waals surface area (Å²) >= 11 is 3.58. The van der Waals surface area contributed by atoms with Gasteiger partial charge >= 0.3 is 0 Å². The Kier molecular flexibility index (Phi) is 4.69. The minimum atomic E-state index is -0.225. The highest BCUT2D eigenvalue weighted by atomic mass is 79.9. The molecule has 0 saturated heterocycles. The first kappa shape index (κ1) is 14.2. The molecule has 1 unspecified atom stereocenters. The van der Waals surface area contributed by atoms with Gasteiger partial charge in [0, 0.05) is 4.47 Å². The zero-order valence-electron chi connectivity index (χ0n) is 10.7. The van der Waals surface area contributed by atoms with E-state index in [0.717, 1.165) is 21.2 Å². The number of nitrogens with one attached hydrogen (secondary N) is 1. The molecule has 0 spiro atoms. The highest BCUT2D eigenvalue weighted by Gasteiger charge is 2.14. The van der Waals surface area contributed by atoms with Gasteiger partial charge in [0.25, 0.3) is 0 Å². The fraction of sp³-hybridized carbons (Fsp3) is 0.200. The zero-order valence-corrected chi connectivity index (χ0v) is 12.2. The Morgan fingerprint density at radius 2 is 2.00 bits per heavy atom. The summed E-state index contributed by atoms with van der Waals surface area (Å²) in [5, 5.41) is 0. The number of hydrazine groups is 1. The van der Waals surface area contributed by atoms with Crippen molar-refractivity contribution in [2.24, 2.45) is 5.84 Å². The van der Waals surface area contributed by atoms with Crippen molar-refractivity contribution >= 4 is 15.9 Å². The van der Waals surface area contributed by atoms with Gasteiger partial charge in [0.2, 0.25) is 0 Å². The van der Waals surface area contributed by atoms with Crippen LogP contribution in [0.2, 0.25) is 0 Å². The average molecular weight is 323 g/mol. The normalized spacial score (nSPS) is 12.4. The molecule has 0 bridgehead atoms. The van der Waals surface area contributed by atoms with Gasteiger partial charge in [-0.05, 0) is 42.2 Å². The molecule has 19 heavy (non-hydrogen) atoms. The van der Waals surface area contributed by atoms with Crippen molar-refractivity contribution in [2.45, 2.75) is 19.4 Å². The summed E-state index contributed by atoms with van der Waals surface area (Å²) in [4.78, 5) is 0. The molecule has 0 aliphatic heterocycles. The first-order valence-electron chi connectivity index (χ1n) is 6.07. The van der Waals surface area contributed by atoms with Gasteiger partial charge in [-0.1, -0.05) is 46.3 Å². The molecule has 2 aromatic carbocycles. The maximum atomic E-state index is 13.2. The van der Waals surface area contributed by atoms with Crippen LogP contribution in [0.5, 0.6) is 0 Å². The average Bonchev–Trinajstić information content (AvgIpc) is 2.40.